The summed E-state index contributed by atoms with van der Waals surface area (Å²) in [6, 6.07) is 9.29. The Hall–Kier alpha value is 0.200. The predicted octanol–water partition coefficient (Wildman–Crippen LogP) is 3.87. The van der Waals surface area contributed by atoms with Crippen molar-refractivity contribution in [2.75, 3.05) is 19.6 Å². The van der Waals surface area contributed by atoms with Gasteiger partial charge in [0.15, 0.2) is 0 Å². The molecule has 2 nitrogen and oxygen atoms in total. The Morgan fingerprint density at radius 1 is 1.26 bits per heavy atom. The number of halogens is 3. The van der Waals surface area contributed by atoms with Gasteiger partial charge >= 0.3 is 0 Å². The number of nitrogens with zero attached hydrogens (tertiary/aromatic N) is 1. The number of benzene rings is 1. The summed E-state index contributed by atoms with van der Waals surface area (Å²) in [4.78, 5) is 2.58. The fourth-order valence-corrected chi connectivity index (χ4v) is 2.79. The van der Waals surface area contributed by atoms with Crippen LogP contribution in [0.25, 0.3) is 0 Å². The van der Waals surface area contributed by atoms with Crippen LogP contribution in [0.15, 0.2) is 28.7 Å². The Kier molecular flexibility index (Phi) is 10.1. The Morgan fingerprint density at radius 3 is 2.58 bits per heavy atom. The first kappa shape index (κ1) is 19.2. The molecular formula is C14H23BrCl2N2. The van der Waals surface area contributed by atoms with E-state index in [4.69, 9.17) is 0 Å². The second-order valence-corrected chi connectivity index (χ2v) is 5.60. The van der Waals surface area contributed by atoms with E-state index in [-0.39, 0.29) is 24.8 Å². The summed E-state index contributed by atoms with van der Waals surface area (Å²) in [6.45, 7) is 6.81. The van der Waals surface area contributed by atoms with Crippen LogP contribution in [0.5, 0.6) is 0 Å². The van der Waals surface area contributed by atoms with Crippen molar-refractivity contribution in [3.8, 4) is 0 Å². The van der Waals surface area contributed by atoms with Gasteiger partial charge in [-0.1, -0.05) is 35.0 Å². The molecule has 1 aromatic rings. The summed E-state index contributed by atoms with van der Waals surface area (Å²) in [5, 5.41) is 3.57. The Labute approximate surface area is 137 Å². The van der Waals surface area contributed by atoms with E-state index in [1.807, 2.05) is 0 Å². The zero-order valence-electron chi connectivity index (χ0n) is 11.3. The number of likely N-dealkylation sites (N-methyl/N-ethyl adjacent to an activating group) is 1. The van der Waals surface area contributed by atoms with E-state index in [9.17, 15) is 0 Å². The summed E-state index contributed by atoms with van der Waals surface area (Å²) in [5.41, 5.74) is 1.36. The predicted molar refractivity (Wildman–Crippen MR) is 90.6 cm³/mol. The van der Waals surface area contributed by atoms with Crippen LogP contribution in [-0.2, 0) is 6.54 Å². The quantitative estimate of drug-likeness (QED) is 0.847. The van der Waals surface area contributed by atoms with Gasteiger partial charge in [-0.3, -0.25) is 4.90 Å². The first-order chi connectivity index (χ1) is 8.29. The molecule has 1 heterocycles. The van der Waals surface area contributed by atoms with Gasteiger partial charge in [-0.15, -0.1) is 24.8 Å². The van der Waals surface area contributed by atoms with Crippen LogP contribution in [0.2, 0.25) is 0 Å². The summed E-state index contributed by atoms with van der Waals surface area (Å²) < 4.78 is 1.15. The van der Waals surface area contributed by atoms with Gasteiger partial charge in [-0.2, -0.15) is 0 Å². The lowest BCUT2D eigenvalue weighted by Gasteiger charge is -2.23. The summed E-state index contributed by atoms with van der Waals surface area (Å²) in [7, 11) is 0. The highest BCUT2D eigenvalue weighted by Gasteiger charge is 2.21. The zero-order chi connectivity index (χ0) is 12.1. The molecule has 5 heteroatoms. The van der Waals surface area contributed by atoms with Crippen molar-refractivity contribution < 1.29 is 0 Å². The Balaban J connectivity index is 0.00000162. The van der Waals surface area contributed by atoms with Gasteiger partial charge in [-0.05, 0) is 43.6 Å². The van der Waals surface area contributed by atoms with Crippen LogP contribution < -0.4 is 5.32 Å². The molecule has 1 saturated heterocycles. The maximum Gasteiger partial charge on any atom is 0.0221 e. The minimum atomic E-state index is 0. The highest BCUT2D eigenvalue weighted by atomic mass is 79.9. The molecule has 0 amide bonds. The first-order valence-electron chi connectivity index (χ1n) is 6.49. The van der Waals surface area contributed by atoms with E-state index < -0.39 is 0 Å². The van der Waals surface area contributed by atoms with Crippen LogP contribution in [0.3, 0.4) is 0 Å². The molecular weight excluding hydrogens is 347 g/mol. The third-order valence-corrected chi connectivity index (χ3v) is 4.06. The van der Waals surface area contributed by atoms with Crippen LogP contribution in [0.1, 0.15) is 25.3 Å². The van der Waals surface area contributed by atoms with Crippen molar-refractivity contribution in [2.45, 2.75) is 32.4 Å². The van der Waals surface area contributed by atoms with Gasteiger partial charge in [0.2, 0.25) is 0 Å². The maximum absolute atomic E-state index is 3.57. The van der Waals surface area contributed by atoms with Crippen LogP contribution in [0.4, 0.5) is 0 Å². The lowest BCUT2D eigenvalue weighted by molar-refractivity contribution is 0.260. The number of nitrogens with one attached hydrogen (secondary N) is 1. The van der Waals surface area contributed by atoms with E-state index >= 15 is 0 Å². The topological polar surface area (TPSA) is 15.3 Å². The van der Waals surface area contributed by atoms with E-state index in [2.05, 4.69) is 57.3 Å². The van der Waals surface area contributed by atoms with Crippen LogP contribution >= 0.6 is 40.7 Å². The molecule has 1 aromatic carbocycles. The van der Waals surface area contributed by atoms with E-state index in [0.29, 0.717) is 0 Å². The third-order valence-electron chi connectivity index (χ3n) is 3.53. The van der Waals surface area contributed by atoms with Crippen LogP contribution in [-0.4, -0.2) is 30.6 Å². The smallest absolute Gasteiger partial charge is 0.0221 e. The highest BCUT2D eigenvalue weighted by molar-refractivity contribution is 9.10. The monoisotopic (exact) mass is 368 g/mol. The number of hydrogen-bond acceptors (Lipinski definition) is 2. The zero-order valence-corrected chi connectivity index (χ0v) is 14.5. The van der Waals surface area contributed by atoms with E-state index in [0.717, 1.165) is 23.6 Å². The first-order valence-corrected chi connectivity index (χ1v) is 7.28. The summed E-state index contributed by atoms with van der Waals surface area (Å²) in [5.74, 6) is 0. The van der Waals surface area contributed by atoms with Crippen molar-refractivity contribution in [1.29, 1.82) is 0 Å². The van der Waals surface area contributed by atoms with Gasteiger partial charge in [0, 0.05) is 23.6 Å². The largest absolute Gasteiger partial charge is 0.311 e. The molecule has 0 bridgehead atoms. The van der Waals surface area contributed by atoms with Crippen molar-refractivity contribution >= 4 is 40.7 Å². The average molecular weight is 370 g/mol. The maximum atomic E-state index is 3.57. The molecule has 0 saturated carbocycles. The van der Waals surface area contributed by atoms with Crippen LogP contribution in [0, 0.1) is 0 Å². The lowest BCUT2D eigenvalue weighted by atomic mass is 10.2. The molecule has 1 unspecified atom stereocenters. The minimum Gasteiger partial charge on any atom is -0.311 e. The molecule has 110 valence electrons. The molecule has 19 heavy (non-hydrogen) atoms. The SMILES string of the molecule is CCN1CCCC1CNCc1ccc(Br)cc1.Cl.Cl. The van der Waals surface area contributed by atoms with Crippen molar-refractivity contribution in [2.24, 2.45) is 0 Å². The molecule has 1 fully saturated rings. The normalized spacial score (nSPS) is 18.7. The molecule has 2 rings (SSSR count). The van der Waals surface area contributed by atoms with Crippen molar-refractivity contribution in [3.05, 3.63) is 34.3 Å². The standard InChI is InChI=1S/C14H21BrN2.2ClH/c1-2-17-9-3-4-14(17)11-16-10-12-5-7-13(15)8-6-12;;/h5-8,14,16H,2-4,9-11H2,1H3;2*1H. The molecule has 1 N–H and O–H groups in total. The molecule has 0 aliphatic carbocycles. The molecule has 1 aliphatic rings. The van der Waals surface area contributed by atoms with E-state index in [1.54, 1.807) is 0 Å². The number of rotatable bonds is 5. The van der Waals surface area contributed by atoms with E-state index in [1.165, 1.54) is 31.5 Å². The number of hydrogen-bond donors (Lipinski definition) is 1. The second-order valence-electron chi connectivity index (χ2n) is 4.68. The summed E-state index contributed by atoms with van der Waals surface area (Å²) in [6.07, 6.45) is 2.71. The molecule has 0 aromatic heterocycles. The van der Waals surface area contributed by atoms with Crippen molar-refractivity contribution in [1.82, 2.24) is 10.2 Å². The van der Waals surface area contributed by atoms with Gasteiger partial charge in [0.25, 0.3) is 0 Å². The second kappa shape index (κ2) is 10.0. The molecule has 0 spiro atoms. The average Bonchev–Trinajstić information content (AvgIpc) is 2.79. The third kappa shape index (κ3) is 6.01. The van der Waals surface area contributed by atoms with Gasteiger partial charge in [0.1, 0.15) is 0 Å². The molecule has 1 aliphatic heterocycles. The van der Waals surface area contributed by atoms with Gasteiger partial charge in [0.05, 0.1) is 0 Å². The highest BCUT2D eigenvalue weighted by Crippen LogP contribution is 2.16. The Bertz CT molecular complexity index is 346. The fraction of sp³-hybridized carbons (Fsp3) is 0.571. The molecule has 1 atom stereocenters. The summed E-state index contributed by atoms with van der Waals surface area (Å²) >= 11 is 3.46. The number of likely N-dealkylation sites (tertiary alicyclic amines) is 1. The van der Waals surface area contributed by atoms with Crippen molar-refractivity contribution in [3.63, 3.8) is 0 Å². The Morgan fingerprint density at radius 2 is 1.95 bits per heavy atom. The minimum absolute atomic E-state index is 0. The van der Waals surface area contributed by atoms with Gasteiger partial charge < -0.3 is 5.32 Å². The molecule has 0 radical (unpaired) electrons. The fourth-order valence-electron chi connectivity index (χ4n) is 2.53. The lowest BCUT2D eigenvalue weighted by Crippen LogP contribution is -2.37. The van der Waals surface area contributed by atoms with Gasteiger partial charge in [-0.25, -0.2) is 0 Å².